The van der Waals surface area contributed by atoms with Crippen molar-refractivity contribution < 1.29 is 14.6 Å². The molecule has 0 radical (unpaired) electrons. The number of methoxy groups -OCH3 is 1. The van der Waals surface area contributed by atoms with Crippen LogP contribution in [-0.4, -0.2) is 65.0 Å². The van der Waals surface area contributed by atoms with E-state index >= 15 is 0 Å². The van der Waals surface area contributed by atoms with E-state index in [2.05, 4.69) is 30.7 Å². The number of amides is 1. The quantitative estimate of drug-likeness (QED) is 0.345. The molecule has 4 N–H and O–H groups in total. The van der Waals surface area contributed by atoms with Crippen LogP contribution in [0.3, 0.4) is 0 Å². The Hall–Kier alpha value is -4.06. The first-order chi connectivity index (χ1) is 15.9. The van der Waals surface area contributed by atoms with Crippen molar-refractivity contribution in [2.45, 2.75) is 31.5 Å². The summed E-state index contributed by atoms with van der Waals surface area (Å²) in [7, 11) is 1.57. The second-order valence-corrected chi connectivity index (χ2v) is 8.09. The number of nitrogens with one attached hydrogen (secondary N) is 1. The second-order valence-electron chi connectivity index (χ2n) is 8.09. The first kappa shape index (κ1) is 20.8. The maximum atomic E-state index is 12.1. The van der Waals surface area contributed by atoms with Gasteiger partial charge in [-0.05, 0) is 25.0 Å². The summed E-state index contributed by atoms with van der Waals surface area (Å²) < 4.78 is 8.56. The van der Waals surface area contributed by atoms with Crippen LogP contribution < -0.4 is 15.8 Å². The molecule has 1 aliphatic carbocycles. The zero-order chi connectivity index (χ0) is 23.0. The lowest BCUT2D eigenvalue weighted by atomic mass is 10.1. The highest BCUT2D eigenvalue weighted by atomic mass is 16.5. The van der Waals surface area contributed by atoms with Crippen molar-refractivity contribution in [3.05, 3.63) is 42.4 Å². The normalized spacial score (nSPS) is 14.4. The number of para-hydroxylation sites is 1. The van der Waals surface area contributed by atoms with E-state index in [-0.39, 0.29) is 24.9 Å². The molecular weight excluding hydrogens is 426 g/mol. The van der Waals surface area contributed by atoms with Crippen molar-refractivity contribution in [3.63, 3.8) is 0 Å². The molecule has 0 atom stereocenters. The number of carbonyl (C=O) groups is 1. The minimum Gasteiger partial charge on any atom is -0.494 e. The summed E-state index contributed by atoms with van der Waals surface area (Å²) in [5, 5.41) is 26.1. The van der Waals surface area contributed by atoms with Crippen LogP contribution in [0.1, 0.15) is 18.5 Å². The van der Waals surface area contributed by atoms with E-state index in [1.54, 1.807) is 34.9 Å². The summed E-state index contributed by atoms with van der Waals surface area (Å²) in [5.41, 5.74) is 7.61. The molecule has 1 saturated carbocycles. The third-order valence-electron chi connectivity index (χ3n) is 5.48. The topological polar surface area (TPSA) is 159 Å². The Morgan fingerprint density at radius 2 is 2.12 bits per heavy atom. The number of fused-ring (bicyclic) bond motifs is 1. The minimum absolute atomic E-state index is 0.0761. The zero-order valence-electron chi connectivity index (χ0n) is 18.0. The number of aromatic nitrogens is 7. The number of hydrogen-bond donors (Lipinski definition) is 3. The summed E-state index contributed by atoms with van der Waals surface area (Å²) in [6.45, 7) is 0.714. The first-order valence-corrected chi connectivity index (χ1v) is 10.4. The number of benzene rings is 1. The Morgan fingerprint density at radius 1 is 1.27 bits per heavy atom. The van der Waals surface area contributed by atoms with Crippen LogP contribution in [0.4, 0.5) is 5.95 Å². The number of hydrogen-bond acceptors (Lipinski definition) is 9. The Kier molecular flexibility index (Phi) is 5.13. The molecule has 3 heterocycles. The predicted molar refractivity (Wildman–Crippen MR) is 118 cm³/mol. The van der Waals surface area contributed by atoms with E-state index in [0.717, 1.165) is 18.2 Å². The molecule has 0 unspecified atom stereocenters. The molecule has 33 heavy (non-hydrogen) atoms. The van der Waals surface area contributed by atoms with E-state index in [0.29, 0.717) is 34.9 Å². The predicted octanol–water partition coefficient (Wildman–Crippen LogP) is 0.365. The summed E-state index contributed by atoms with van der Waals surface area (Å²) in [6.07, 6.45) is 4.93. The van der Waals surface area contributed by atoms with Crippen LogP contribution in [0, 0.1) is 0 Å². The van der Waals surface area contributed by atoms with Gasteiger partial charge in [-0.25, -0.2) is 14.6 Å². The molecule has 0 saturated heterocycles. The van der Waals surface area contributed by atoms with Gasteiger partial charge in [0.1, 0.15) is 29.2 Å². The zero-order valence-corrected chi connectivity index (χ0v) is 18.0. The number of nitrogens with zero attached hydrogens (tertiary/aromatic N) is 7. The Bertz CT molecular complexity index is 1330. The number of nitrogen functional groups attached to an aromatic ring is 1. The van der Waals surface area contributed by atoms with Gasteiger partial charge in [0.2, 0.25) is 11.9 Å². The van der Waals surface area contributed by atoms with Gasteiger partial charge in [-0.15, -0.1) is 5.10 Å². The van der Waals surface area contributed by atoms with Crippen LogP contribution in [0.2, 0.25) is 0 Å². The fourth-order valence-corrected chi connectivity index (χ4v) is 3.52. The van der Waals surface area contributed by atoms with Crippen LogP contribution in [-0.2, 0) is 17.9 Å². The molecule has 1 aromatic carbocycles. The number of anilines is 1. The number of nitrogens with two attached hydrogens (primary N) is 1. The van der Waals surface area contributed by atoms with Gasteiger partial charge in [0, 0.05) is 18.1 Å². The summed E-state index contributed by atoms with van der Waals surface area (Å²) in [4.78, 5) is 20.7. The number of aliphatic hydroxyl groups is 1. The molecule has 12 nitrogen and oxygen atoms in total. The Morgan fingerprint density at radius 3 is 2.91 bits per heavy atom. The van der Waals surface area contributed by atoms with Crippen molar-refractivity contribution in [1.29, 1.82) is 0 Å². The van der Waals surface area contributed by atoms with E-state index in [9.17, 15) is 9.90 Å². The van der Waals surface area contributed by atoms with Gasteiger partial charge in [-0.2, -0.15) is 5.10 Å². The standard InChI is InChI=1S/C21H23N9O3/c1-33-16-4-2-3-14-18(24-20(22)25-19(14)16)15-10-30(28-26-15)9-13-5-8-29(27-13)11-17(31)23-12-21(32)6-7-21/h2-5,8,10,32H,6-7,9,11-12H2,1H3,(H,23,31)(H2,22,24,25). The molecule has 0 aliphatic heterocycles. The molecule has 1 aliphatic rings. The summed E-state index contributed by atoms with van der Waals surface area (Å²) in [6, 6.07) is 7.34. The maximum absolute atomic E-state index is 12.1. The van der Waals surface area contributed by atoms with Crippen molar-refractivity contribution in [2.24, 2.45) is 0 Å². The van der Waals surface area contributed by atoms with Crippen LogP contribution in [0.15, 0.2) is 36.7 Å². The van der Waals surface area contributed by atoms with E-state index in [1.807, 2.05) is 18.2 Å². The molecule has 170 valence electrons. The highest BCUT2D eigenvalue weighted by Crippen LogP contribution is 2.34. The molecular formula is C21H23N9O3. The van der Waals surface area contributed by atoms with Gasteiger partial charge in [0.15, 0.2) is 0 Å². The van der Waals surface area contributed by atoms with Crippen molar-refractivity contribution in [1.82, 2.24) is 40.1 Å². The molecule has 0 spiro atoms. The summed E-state index contributed by atoms with van der Waals surface area (Å²) in [5.74, 6) is 0.509. The number of ether oxygens (including phenoxy) is 1. The largest absolute Gasteiger partial charge is 0.494 e. The first-order valence-electron chi connectivity index (χ1n) is 10.4. The number of rotatable bonds is 8. The highest BCUT2D eigenvalue weighted by molar-refractivity contribution is 5.95. The second kappa shape index (κ2) is 8.13. The fourth-order valence-electron chi connectivity index (χ4n) is 3.52. The molecule has 12 heteroatoms. The average molecular weight is 449 g/mol. The molecule has 1 fully saturated rings. The van der Waals surface area contributed by atoms with Crippen LogP contribution in [0.5, 0.6) is 5.75 Å². The minimum atomic E-state index is -0.722. The van der Waals surface area contributed by atoms with Crippen LogP contribution >= 0.6 is 0 Å². The maximum Gasteiger partial charge on any atom is 0.241 e. The molecule has 4 aromatic rings. The smallest absolute Gasteiger partial charge is 0.241 e. The average Bonchev–Trinajstić information content (AvgIpc) is 3.16. The van der Waals surface area contributed by atoms with Gasteiger partial charge < -0.3 is 20.9 Å². The summed E-state index contributed by atoms with van der Waals surface area (Å²) >= 11 is 0. The number of carbonyl (C=O) groups excluding carboxylic acids is 1. The van der Waals surface area contributed by atoms with Gasteiger partial charge in [-0.1, -0.05) is 17.3 Å². The fraction of sp³-hybridized carbons (Fsp3) is 0.333. The van der Waals surface area contributed by atoms with Crippen molar-refractivity contribution in [3.8, 4) is 17.1 Å². The lowest BCUT2D eigenvalue weighted by Crippen LogP contribution is -2.35. The third-order valence-corrected chi connectivity index (χ3v) is 5.48. The SMILES string of the molecule is COc1cccc2c(-c3cn(Cc4ccn(CC(=O)NCC5(O)CC5)n4)nn3)nc(N)nc12. The molecule has 3 aromatic heterocycles. The molecule has 5 rings (SSSR count). The monoisotopic (exact) mass is 449 g/mol. The highest BCUT2D eigenvalue weighted by Gasteiger charge is 2.40. The molecule has 0 bridgehead atoms. The van der Waals surface area contributed by atoms with E-state index in [1.165, 1.54) is 0 Å². The van der Waals surface area contributed by atoms with Crippen molar-refractivity contribution >= 4 is 22.8 Å². The van der Waals surface area contributed by atoms with Crippen LogP contribution in [0.25, 0.3) is 22.3 Å². The van der Waals surface area contributed by atoms with Gasteiger partial charge >= 0.3 is 0 Å². The van der Waals surface area contributed by atoms with E-state index < -0.39 is 5.60 Å². The van der Waals surface area contributed by atoms with Gasteiger partial charge in [0.05, 0.1) is 31.1 Å². The van der Waals surface area contributed by atoms with E-state index in [4.69, 9.17) is 10.5 Å². The lowest BCUT2D eigenvalue weighted by Gasteiger charge is -2.09. The lowest BCUT2D eigenvalue weighted by molar-refractivity contribution is -0.122. The van der Waals surface area contributed by atoms with Crippen molar-refractivity contribution in [2.75, 3.05) is 19.4 Å². The Labute approximate surface area is 188 Å². The Balaban J connectivity index is 1.30. The third kappa shape index (κ3) is 4.46. The van der Waals surface area contributed by atoms with Gasteiger partial charge in [0.25, 0.3) is 0 Å². The molecule has 1 amide bonds. The van der Waals surface area contributed by atoms with Gasteiger partial charge in [-0.3, -0.25) is 9.48 Å².